The predicted molar refractivity (Wildman–Crippen MR) is 69.5 cm³/mol. The lowest BCUT2D eigenvalue weighted by molar-refractivity contribution is -0.117. The number of fused-ring (bicyclic) bond motifs is 1. The van der Waals surface area contributed by atoms with Crippen LogP contribution in [0, 0.1) is 0 Å². The van der Waals surface area contributed by atoms with Crippen molar-refractivity contribution in [2.24, 2.45) is 7.05 Å². The summed E-state index contributed by atoms with van der Waals surface area (Å²) in [5, 5.41) is 0. The van der Waals surface area contributed by atoms with E-state index in [1.807, 2.05) is 29.8 Å². The molecule has 0 bridgehead atoms. The Hall–Kier alpha value is -1.55. The molecule has 17 heavy (non-hydrogen) atoms. The van der Waals surface area contributed by atoms with Gasteiger partial charge in [-0.3, -0.25) is 4.79 Å². The van der Waals surface area contributed by atoms with Crippen molar-refractivity contribution in [3.05, 3.63) is 24.5 Å². The van der Waals surface area contributed by atoms with Crippen LogP contribution in [0.1, 0.15) is 6.42 Å². The normalized spacial score (nSPS) is 10.8. The Labute approximate surface area is 105 Å². The number of aromatic nitrogens is 2. The highest BCUT2D eigenvalue weighted by Gasteiger charge is 2.11. The van der Waals surface area contributed by atoms with Crippen LogP contribution in [-0.4, -0.2) is 28.4 Å². The smallest absolute Gasteiger partial charge is 0.227 e. The van der Waals surface area contributed by atoms with E-state index in [1.54, 1.807) is 18.3 Å². The third-order valence-electron chi connectivity index (χ3n) is 2.78. The molecule has 1 aromatic heterocycles. The SMILES string of the molecule is CN(C(=O)CCCl)c1ccc2c(c1)ncn2C. The second-order valence-electron chi connectivity index (χ2n) is 3.92. The highest BCUT2D eigenvalue weighted by molar-refractivity contribution is 6.19. The van der Waals surface area contributed by atoms with Gasteiger partial charge < -0.3 is 9.47 Å². The van der Waals surface area contributed by atoms with Gasteiger partial charge in [0.05, 0.1) is 17.4 Å². The topological polar surface area (TPSA) is 38.1 Å². The summed E-state index contributed by atoms with van der Waals surface area (Å²) in [6.45, 7) is 0. The number of alkyl halides is 1. The monoisotopic (exact) mass is 251 g/mol. The van der Waals surface area contributed by atoms with Crippen molar-refractivity contribution in [3.8, 4) is 0 Å². The average Bonchev–Trinajstić information content (AvgIpc) is 2.70. The first kappa shape index (κ1) is 11.9. The molecule has 0 unspecified atom stereocenters. The van der Waals surface area contributed by atoms with Gasteiger partial charge in [0, 0.05) is 32.1 Å². The van der Waals surface area contributed by atoms with Gasteiger partial charge in [-0.25, -0.2) is 4.98 Å². The van der Waals surface area contributed by atoms with Crippen LogP contribution in [0.4, 0.5) is 5.69 Å². The van der Waals surface area contributed by atoms with Crippen LogP contribution in [-0.2, 0) is 11.8 Å². The number of carbonyl (C=O) groups excluding carboxylic acids is 1. The summed E-state index contributed by atoms with van der Waals surface area (Å²) in [5.41, 5.74) is 2.77. The quantitative estimate of drug-likeness (QED) is 0.784. The molecule has 1 amide bonds. The molecule has 0 atom stereocenters. The summed E-state index contributed by atoms with van der Waals surface area (Å²) in [6, 6.07) is 5.78. The van der Waals surface area contributed by atoms with Crippen molar-refractivity contribution in [1.29, 1.82) is 0 Å². The van der Waals surface area contributed by atoms with Gasteiger partial charge in [-0.2, -0.15) is 0 Å². The minimum atomic E-state index is 0.00952. The highest BCUT2D eigenvalue weighted by atomic mass is 35.5. The standard InChI is InChI=1S/C12H14ClN3O/c1-15-8-14-10-7-9(3-4-11(10)15)16(2)12(17)5-6-13/h3-4,7-8H,5-6H2,1-2H3. The van der Waals surface area contributed by atoms with Crippen LogP contribution >= 0.6 is 11.6 Å². The third-order valence-corrected chi connectivity index (χ3v) is 2.97. The Morgan fingerprint density at radius 2 is 2.29 bits per heavy atom. The Morgan fingerprint density at radius 3 is 3.00 bits per heavy atom. The minimum absolute atomic E-state index is 0.00952. The molecular weight excluding hydrogens is 238 g/mol. The summed E-state index contributed by atoms with van der Waals surface area (Å²) in [5.74, 6) is 0.352. The molecule has 0 saturated carbocycles. The van der Waals surface area contributed by atoms with E-state index in [-0.39, 0.29) is 5.91 Å². The minimum Gasteiger partial charge on any atom is -0.334 e. The van der Waals surface area contributed by atoms with Crippen molar-refractivity contribution in [2.75, 3.05) is 17.8 Å². The van der Waals surface area contributed by atoms with Crippen LogP contribution < -0.4 is 4.90 Å². The van der Waals surface area contributed by atoms with E-state index < -0.39 is 0 Å². The fourth-order valence-corrected chi connectivity index (χ4v) is 1.89. The van der Waals surface area contributed by atoms with Crippen molar-refractivity contribution in [2.45, 2.75) is 6.42 Å². The lowest BCUT2D eigenvalue weighted by atomic mass is 10.2. The van der Waals surface area contributed by atoms with Gasteiger partial charge in [0.2, 0.25) is 5.91 Å². The summed E-state index contributed by atoms with van der Waals surface area (Å²) in [7, 11) is 3.69. The van der Waals surface area contributed by atoms with Gasteiger partial charge in [0.15, 0.2) is 0 Å². The molecule has 1 aromatic carbocycles. The van der Waals surface area contributed by atoms with Crippen molar-refractivity contribution < 1.29 is 4.79 Å². The second kappa shape index (κ2) is 4.75. The van der Waals surface area contributed by atoms with E-state index >= 15 is 0 Å². The van der Waals surface area contributed by atoms with Gasteiger partial charge in [-0.15, -0.1) is 11.6 Å². The third kappa shape index (κ3) is 2.26. The first-order chi connectivity index (χ1) is 8.13. The van der Waals surface area contributed by atoms with E-state index in [0.717, 1.165) is 16.7 Å². The molecule has 0 aliphatic rings. The van der Waals surface area contributed by atoms with Crippen LogP contribution in [0.5, 0.6) is 0 Å². The molecule has 0 aliphatic heterocycles. The zero-order chi connectivity index (χ0) is 12.4. The number of carbonyl (C=O) groups is 1. The molecule has 5 heteroatoms. The van der Waals surface area contributed by atoms with Crippen LogP contribution in [0.15, 0.2) is 24.5 Å². The second-order valence-corrected chi connectivity index (χ2v) is 4.30. The number of benzene rings is 1. The Morgan fingerprint density at radius 1 is 1.53 bits per heavy atom. The number of nitrogens with zero attached hydrogens (tertiary/aromatic N) is 3. The molecule has 4 nitrogen and oxygen atoms in total. The first-order valence-electron chi connectivity index (χ1n) is 5.37. The zero-order valence-corrected chi connectivity index (χ0v) is 10.6. The van der Waals surface area contributed by atoms with Crippen molar-refractivity contribution in [3.63, 3.8) is 0 Å². The van der Waals surface area contributed by atoms with E-state index in [4.69, 9.17) is 11.6 Å². The van der Waals surface area contributed by atoms with E-state index in [1.165, 1.54) is 0 Å². The van der Waals surface area contributed by atoms with Gasteiger partial charge in [0.25, 0.3) is 0 Å². The molecule has 0 fully saturated rings. The van der Waals surface area contributed by atoms with Crippen LogP contribution in [0.2, 0.25) is 0 Å². The molecule has 0 N–H and O–H groups in total. The maximum Gasteiger partial charge on any atom is 0.227 e. The van der Waals surface area contributed by atoms with Gasteiger partial charge in [-0.05, 0) is 18.2 Å². The van der Waals surface area contributed by atoms with Gasteiger partial charge in [-0.1, -0.05) is 0 Å². The largest absolute Gasteiger partial charge is 0.334 e. The molecule has 2 rings (SSSR count). The number of imidazole rings is 1. The number of amides is 1. The number of rotatable bonds is 3. The van der Waals surface area contributed by atoms with E-state index in [9.17, 15) is 4.79 Å². The molecule has 2 aromatic rings. The average molecular weight is 252 g/mol. The van der Waals surface area contributed by atoms with E-state index in [0.29, 0.717) is 12.3 Å². The van der Waals surface area contributed by atoms with E-state index in [2.05, 4.69) is 4.98 Å². The summed E-state index contributed by atoms with van der Waals surface area (Å²) in [6.07, 6.45) is 2.10. The molecular formula is C12H14ClN3O. The summed E-state index contributed by atoms with van der Waals surface area (Å²) in [4.78, 5) is 17.6. The van der Waals surface area contributed by atoms with Crippen LogP contribution in [0.3, 0.4) is 0 Å². The lowest BCUT2D eigenvalue weighted by Gasteiger charge is -2.16. The lowest BCUT2D eigenvalue weighted by Crippen LogP contribution is -2.26. The Bertz CT molecular complexity index is 550. The molecule has 0 saturated heterocycles. The molecule has 0 radical (unpaired) electrons. The fraction of sp³-hybridized carbons (Fsp3) is 0.333. The van der Waals surface area contributed by atoms with Gasteiger partial charge >= 0.3 is 0 Å². The summed E-state index contributed by atoms with van der Waals surface area (Å²) < 4.78 is 1.94. The zero-order valence-electron chi connectivity index (χ0n) is 9.85. The number of aryl methyl sites for hydroxylation is 1. The number of hydrogen-bond acceptors (Lipinski definition) is 2. The van der Waals surface area contributed by atoms with Crippen molar-refractivity contribution >= 4 is 34.2 Å². The highest BCUT2D eigenvalue weighted by Crippen LogP contribution is 2.20. The molecule has 90 valence electrons. The molecule has 1 heterocycles. The van der Waals surface area contributed by atoms with Gasteiger partial charge in [0.1, 0.15) is 0 Å². The number of hydrogen-bond donors (Lipinski definition) is 0. The predicted octanol–water partition coefficient (Wildman–Crippen LogP) is 2.17. The van der Waals surface area contributed by atoms with Crippen molar-refractivity contribution in [1.82, 2.24) is 9.55 Å². The van der Waals surface area contributed by atoms with Crippen LogP contribution in [0.25, 0.3) is 11.0 Å². The maximum atomic E-state index is 11.7. The number of halogens is 1. The maximum absolute atomic E-state index is 11.7. The number of anilines is 1. The molecule has 0 spiro atoms. The molecule has 0 aliphatic carbocycles. The Balaban J connectivity index is 2.33. The summed E-state index contributed by atoms with van der Waals surface area (Å²) >= 11 is 5.56. The fourth-order valence-electron chi connectivity index (χ4n) is 1.73. The first-order valence-corrected chi connectivity index (χ1v) is 5.90. The Kier molecular flexibility index (Phi) is 3.33.